The molecule has 3 amide bonds. The van der Waals surface area contributed by atoms with E-state index in [0.29, 0.717) is 9.60 Å². The summed E-state index contributed by atoms with van der Waals surface area (Å²) in [6, 6.07) is 0.835. The summed E-state index contributed by atoms with van der Waals surface area (Å²) in [6.45, 7) is 10.1. The highest BCUT2D eigenvalue weighted by atomic mass is 32.2. The number of amides is 3. The summed E-state index contributed by atoms with van der Waals surface area (Å²) in [5, 5.41) is 5.99. The Morgan fingerprint density at radius 2 is 1.90 bits per heavy atom. The summed E-state index contributed by atoms with van der Waals surface area (Å²) in [6.07, 6.45) is -0.492. The lowest BCUT2D eigenvalue weighted by Gasteiger charge is -2.23. The topological polar surface area (TPSA) is 114 Å². The molecule has 0 radical (unpaired) electrons. The molecular formula is C19H27N3O5S3. The highest BCUT2D eigenvalue weighted by molar-refractivity contribution is 7.93. The van der Waals surface area contributed by atoms with E-state index >= 15 is 0 Å². The first-order valence-electron chi connectivity index (χ1n) is 9.34. The van der Waals surface area contributed by atoms with Crippen LogP contribution in [0.15, 0.2) is 26.1 Å². The van der Waals surface area contributed by atoms with Crippen LogP contribution in [0.1, 0.15) is 48.0 Å². The molecule has 0 aliphatic carbocycles. The molecule has 166 valence electrons. The SMILES string of the molecule is CC(=O)NS(=O)(=NC(=O)[C@H](CC(C)C)NC(=O)OC(C)(C)C)c1csc2ccsc12. The first-order valence-corrected chi connectivity index (χ1v) is 12.6. The van der Waals surface area contributed by atoms with Crippen molar-refractivity contribution < 1.29 is 23.3 Å². The Morgan fingerprint density at radius 3 is 2.47 bits per heavy atom. The number of hydrogen-bond donors (Lipinski definition) is 2. The fourth-order valence-corrected chi connectivity index (χ4v) is 7.05. The number of carbonyl (C=O) groups is 3. The van der Waals surface area contributed by atoms with E-state index < -0.39 is 39.5 Å². The summed E-state index contributed by atoms with van der Waals surface area (Å²) in [7, 11) is -3.57. The van der Waals surface area contributed by atoms with Crippen molar-refractivity contribution in [2.24, 2.45) is 10.3 Å². The Bertz CT molecular complexity index is 1060. The molecule has 2 heterocycles. The van der Waals surface area contributed by atoms with Gasteiger partial charge in [0.25, 0.3) is 5.91 Å². The Balaban J connectivity index is 2.44. The summed E-state index contributed by atoms with van der Waals surface area (Å²) in [5.41, 5.74) is -0.738. The average Bonchev–Trinajstić information content (AvgIpc) is 3.13. The Labute approximate surface area is 184 Å². The highest BCUT2D eigenvalue weighted by Gasteiger charge is 2.28. The Morgan fingerprint density at radius 1 is 1.23 bits per heavy atom. The molecule has 0 fully saturated rings. The number of nitrogens with one attached hydrogen (secondary N) is 2. The number of hydrogen-bond acceptors (Lipinski definition) is 7. The van der Waals surface area contributed by atoms with E-state index in [1.54, 1.807) is 26.2 Å². The molecule has 30 heavy (non-hydrogen) atoms. The molecule has 2 N–H and O–H groups in total. The van der Waals surface area contributed by atoms with Crippen LogP contribution in [0.2, 0.25) is 0 Å². The smallest absolute Gasteiger partial charge is 0.408 e. The van der Waals surface area contributed by atoms with Gasteiger partial charge in [-0.2, -0.15) is 0 Å². The van der Waals surface area contributed by atoms with Crippen LogP contribution in [0.4, 0.5) is 4.79 Å². The van der Waals surface area contributed by atoms with Crippen molar-refractivity contribution in [3.8, 4) is 0 Å². The van der Waals surface area contributed by atoms with Gasteiger partial charge in [0.05, 0.1) is 9.60 Å². The second-order valence-corrected chi connectivity index (χ2v) is 11.9. The van der Waals surface area contributed by atoms with Crippen LogP contribution in [-0.2, 0) is 24.2 Å². The predicted octanol–water partition coefficient (Wildman–Crippen LogP) is 4.31. The van der Waals surface area contributed by atoms with Crippen LogP contribution in [0.5, 0.6) is 0 Å². The maximum atomic E-state index is 13.6. The lowest BCUT2D eigenvalue weighted by Crippen LogP contribution is -2.44. The molecule has 1 unspecified atom stereocenters. The van der Waals surface area contributed by atoms with Gasteiger partial charge in [0, 0.05) is 17.0 Å². The normalized spacial score (nSPS) is 14.8. The van der Waals surface area contributed by atoms with Crippen molar-refractivity contribution in [1.82, 2.24) is 10.0 Å². The fourth-order valence-electron chi connectivity index (χ4n) is 2.59. The van der Waals surface area contributed by atoms with E-state index in [1.165, 1.54) is 29.6 Å². The number of rotatable bonds is 6. The van der Waals surface area contributed by atoms with Gasteiger partial charge in [0.2, 0.25) is 5.91 Å². The second-order valence-electron chi connectivity index (χ2n) is 8.16. The summed E-state index contributed by atoms with van der Waals surface area (Å²) >= 11 is 2.71. The van der Waals surface area contributed by atoms with E-state index in [-0.39, 0.29) is 12.3 Å². The Kier molecular flexibility index (Phi) is 7.64. The van der Waals surface area contributed by atoms with E-state index in [9.17, 15) is 18.6 Å². The van der Waals surface area contributed by atoms with Crippen LogP contribution in [0.3, 0.4) is 0 Å². The zero-order valence-corrected chi connectivity index (χ0v) is 20.3. The van der Waals surface area contributed by atoms with Gasteiger partial charge in [0.1, 0.15) is 11.6 Å². The van der Waals surface area contributed by atoms with Crippen molar-refractivity contribution in [2.45, 2.75) is 64.5 Å². The minimum atomic E-state index is -3.57. The van der Waals surface area contributed by atoms with Gasteiger partial charge in [-0.25, -0.2) is 9.00 Å². The predicted molar refractivity (Wildman–Crippen MR) is 120 cm³/mol. The van der Waals surface area contributed by atoms with Crippen molar-refractivity contribution in [1.29, 1.82) is 0 Å². The fraction of sp³-hybridized carbons (Fsp3) is 0.526. The molecule has 2 aromatic rings. The van der Waals surface area contributed by atoms with Gasteiger partial charge < -0.3 is 10.1 Å². The van der Waals surface area contributed by atoms with Crippen molar-refractivity contribution in [3.63, 3.8) is 0 Å². The van der Waals surface area contributed by atoms with Gasteiger partial charge in [-0.15, -0.1) is 27.0 Å². The van der Waals surface area contributed by atoms with Crippen LogP contribution in [0.25, 0.3) is 9.40 Å². The summed E-state index contributed by atoms with van der Waals surface area (Å²) in [4.78, 5) is 37.2. The second kappa shape index (κ2) is 9.44. The third-order valence-corrected chi connectivity index (χ3v) is 7.86. The molecule has 0 aliphatic rings. The van der Waals surface area contributed by atoms with E-state index in [4.69, 9.17) is 4.74 Å². The molecule has 0 saturated heterocycles. The first-order chi connectivity index (χ1) is 13.8. The van der Waals surface area contributed by atoms with Crippen molar-refractivity contribution in [2.75, 3.05) is 0 Å². The number of fused-ring (bicyclic) bond motifs is 1. The number of carbonyl (C=O) groups excluding carboxylic acids is 3. The molecule has 0 bridgehead atoms. The van der Waals surface area contributed by atoms with Gasteiger partial charge in [-0.05, 0) is 44.6 Å². The molecule has 2 aromatic heterocycles. The summed E-state index contributed by atoms with van der Waals surface area (Å²) in [5.74, 6) is -1.32. The number of nitrogens with zero attached hydrogens (tertiary/aromatic N) is 1. The summed E-state index contributed by atoms with van der Waals surface area (Å²) < 4.78 is 26.7. The number of alkyl carbamates (subject to hydrolysis) is 1. The highest BCUT2D eigenvalue weighted by Crippen LogP contribution is 2.34. The molecule has 0 aliphatic heterocycles. The first kappa shape index (κ1) is 24.3. The van der Waals surface area contributed by atoms with Gasteiger partial charge in [-0.1, -0.05) is 13.8 Å². The minimum Gasteiger partial charge on any atom is -0.444 e. The van der Waals surface area contributed by atoms with E-state index in [2.05, 4.69) is 14.4 Å². The molecule has 0 saturated carbocycles. The monoisotopic (exact) mass is 473 g/mol. The van der Waals surface area contributed by atoms with Crippen molar-refractivity contribution in [3.05, 3.63) is 16.8 Å². The van der Waals surface area contributed by atoms with Gasteiger partial charge >= 0.3 is 6.09 Å². The maximum absolute atomic E-state index is 13.6. The zero-order chi connectivity index (χ0) is 22.7. The van der Waals surface area contributed by atoms with Crippen molar-refractivity contribution >= 4 is 59.9 Å². The Hall–Kier alpha value is -1.98. The lowest BCUT2D eigenvalue weighted by atomic mass is 10.0. The molecule has 0 spiro atoms. The molecule has 0 aromatic carbocycles. The lowest BCUT2D eigenvalue weighted by molar-refractivity contribution is -0.120. The van der Waals surface area contributed by atoms with Crippen LogP contribution >= 0.6 is 22.7 Å². The van der Waals surface area contributed by atoms with Crippen LogP contribution < -0.4 is 10.0 Å². The molecule has 2 rings (SSSR count). The third-order valence-electron chi connectivity index (χ3n) is 3.64. The molecule has 8 nitrogen and oxygen atoms in total. The number of thiophene rings is 2. The zero-order valence-electron chi connectivity index (χ0n) is 17.8. The molecule has 2 atom stereocenters. The van der Waals surface area contributed by atoms with E-state index in [1.807, 2.05) is 25.3 Å². The maximum Gasteiger partial charge on any atom is 0.408 e. The minimum absolute atomic E-state index is 0.0473. The third kappa shape index (κ3) is 6.51. The van der Waals surface area contributed by atoms with Crippen LogP contribution in [-0.4, -0.2) is 33.8 Å². The largest absolute Gasteiger partial charge is 0.444 e. The molecular weight excluding hydrogens is 446 g/mol. The quantitative estimate of drug-likeness (QED) is 0.649. The van der Waals surface area contributed by atoms with E-state index in [0.717, 1.165) is 4.70 Å². The average molecular weight is 474 g/mol. The molecule has 11 heteroatoms. The van der Waals surface area contributed by atoms with Gasteiger partial charge in [-0.3, -0.25) is 14.3 Å². The van der Waals surface area contributed by atoms with Gasteiger partial charge in [0.15, 0.2) is 9.92 Å². The number of ether oxygens (including phenoxy) is 1. The standard InChI is InChI=1S/C19H27N3O5S3/c1-11(2)9-13(20-18(25)27-19(4,5)6)17(24)22-30(26,21-12(3)23)15-10-29-14-7-8-28-16(14)15/h7-8,10-11,13H,9H2,1-6H3,(H,20,25)(H,21,22,23,24,26)/t13-,30?/m0/s1. The van der Waals surface area contributed by atoms with Crippen LogP contribution in [0, 0.1) is 5.92 Å².